The normalized spacial score (nSPS) is 7.00. The zero-order valence-electron chi connectivity index (χ0n) is 9.58. The molecule has 0 aliphatic heterocycles. The van der Waals surface area contributed by atoms with Gasteiger partial charge in [-0.25, -0.2) is 24.3 Å². The fourth-order valence-electron chi connectivity index (χ4n) is 0.920. The van der Waals surface area contributed by atoms with Gasteiger partial charge in [-0.15, -0.1) is 0 Å². The Hall–Kier alpha value is 0.760. The van der Waals surface area contributed by atoms with Crippen molar-refractivity contribution in [1.29, 1.82) is 0 Å². The molecule has 16 heavy (non-hydrogen) atoms. The van der Waals surface area contributed by atoms with Gasteiger partial charge in [0.25, 0.3) is 0 Å². The van der Waals surface area contributed by atoms with E-state index in [1.54, 1.807) is 23.3 Å². The molecular formula is C12H16Br2SiZr-2. The molecule has 0 aliphatic carbocycles. The fourth-order valence-corrected chi connectivity index (χ4v) is 0.920. The Balaban J connectivity index is -0.000000169. The molecule has 0 atom stereocenters. The van der Waals surface area contributed by atoms with Crippen molar-refractivity contribution in [3.05, 3.63) is 59.7 Å². The summed E-state index contributed by atoms with van der Waals surface area (Å²) in [5, 5.41) is 0. The van der Waals surface area contributed by atoms with Crippen LogP contribution in [0.15, 0.2) is 48.5 Å². The molecule has 0 radical (unpaired) electrons. The van der Waals surface area contributed by atoms with E-state index in [2.05, 4.69) is 32.0 Å². The molecule has 0 unspecified atom stereocenters. The van der Waals surface area contributed by atoms with Crippen LogP contribution in [0.1, 0.15) is 11.1 Å². The topological polar surface area (TPSA) is 0 Å². The predicted molar refractivity (Wildman–Crippen MR) is 62.1 cm³/mol. The summed E-state index contributed by atoms with van der Waals surface area (Å²) in [6.45, 7) is 6.19. The second-order valence-electron chi connectivity index (χ2n) is 2.85. The Kier molecular flexibility index (Phi) is 21.7. The maximum Gasteiger partial charge on any atom is -0.172 e. The van der Waals surface area contributed by atoms with Gasteiger partial charge in [-0.3, -0.25) is 0 Å². The average molecular weight is 439 g/mol. The van der Waals surface area contributed by atoms with Crippen LogP contribution in [-0.2, 0) is 23.3 Å². The molecule has 0 amide bonds. The Labute approximate surface area is 136 Å². The second kappa shape index (κ2) is 15.8. The summed E-state index contributed by atoms with van der Waals surface area (Å²) < 4.78 is 0. The smallest absolute Gasteiger partial charge is 0.172 e. The third-order valence-electron chi connectivity index (χ3n) is 1.87. The van der Waals surface area contributed by atoms with Gasteiger partial charge in [0.05, 0.1) is 0 Å². The summed E-state index contributed by atoms with van der Waals surface area (Å²) in [6.07, 6.45) is 0. The molecule has 0 bridgehead atoms. The standard InChI is InChI=1S/C7H9.C5H5.2BrH.H2Si.Zr/c1-6-4-3-5-7(6)2;1-2-4-5-3-1;;;;/h3-5H,1-2H3;1-5H;2*1H;1H2;/q2*-1;;;;+2/p-2. The minimum atomic E-state index is 0. The van der Waals surface area contributed by atoms with Gasteiger partial charge in [-0.2, -0.15) is 35.4 Å². The Morgan fingerprint density at radius 2 is 1.62 bits per heavy atom. The van der Waals surface area contributed by atoms with Crippen LogP contribution in [0.3, 0.4) is 0 Å². The van der Waals surface area contributed by atoms with Crippen LogP contribution in [0.5, 0.6) is 0 Å². The first kappa shape index (κ1) is 22.0. The summed E-state index contributed by atoms with van der Waals surface area (Å²) in [4.78, 5) is 0. The van der Waals surface area contributed by atoms with Gasteiger partial charge in [-0.1, -0.05) is 13.8 Å². The van der Waals surface area contributed by atoms with Crippen molar-refractivity contribution >= 4 is 6.88 Å². The molecule has 0 aromatic heterocycles. The van der Waals surface area contributed by atoms with E-state index in [1.807, 2.05) is 37.2 Å². The van der Waals surface area contributed by atoms with Crippen molar-refractivity contribution in [2.24, 2.45) is 0 Å². The Morgan fingerprint density at radius 1 is 1.12 bits per heavy atom. The molecule has 0 N–H and O–H groups in total. The van der Waals surface area contributed by atoms with Crippen molar-refractivity contribution in [1.82, 2.24) is 0 Å². The van der Waals surface area contributed by atoms with Gasteiger partial charge in [-0.05, 0) is 0 Å². The number of halogens is 2. The van der Waals surface area contributed by atoms with Crippen molar-refractivity contribution in [2.45, 2.75) is 13.8 Å². The molecule has 0 spiro atoms. The van der Waals surface area contributed by atoms with Crippen molar-refractivity contribution in [3.63, 3.8) is 0 Å². The largest absolute Gasteiger partial charge is 0.214 e. The molecule has 2 aromatic carbocycles. The van der Waals surface area contributed by atoms with Gasteiger partial charge >= 0.3 is 30.2 Å². The summed E-state index contributed by atoms with van der Waals surface area (Å²) in [5.41, 5.74) is 2.78. The monoisotopic (exact) mass is 436 g/mol. The number of rotatable bonds is 0. The van der Waals surface area contributed by atoms with Crippen LogP contribution in [-0.4, -0.2) is 6.88 Å². The van der Waals surface area contributed by atoms with E-state index in [0.29, 0.717) is 0 Å². The first-order valence-electron chi connectivity index (χ1n) is 4.51. The zero-order valence-corrected chi connectivity index (χ0v) is 16.6. The van der Waals surface area contributed by atoms with Crippen molar-refractivity contribution < 1.29 is 57.3 Å². The van der Waals surface area contributed by atoms with Gasteiger partial charge in [0.2, 0.25) is 0 Å². The average Bonchev–Trinajstić information content (AvgIpc) is 2.86. The second-order valence-corrected chi connectivity index (χ2v) is 2.85. The van der Waals surface area contributed by atoms with Gasteiger partial charge in [0.15, 0.2) is 0 Å². The maximum absolute atomic E-state index is 2.12. The van der Waals surface area contributed by atoms with E-state index in [4.69, 9.17) is 0 Å². The van der Waals surface area contributed by atoms with Gasteiger partial charge in [0, 0.05) is 0 Å². The maximum atomic E-state index is 2.12. The van der Waals surface area contributed by atoms with E-state index >= 15 is 0 Å². The summed E-state index contributed by atoms with van der Waals surface area (Å²) in [5.74, 6) is 0. The van der Waals surface area contributed by atoms with Gasteiger partial charge in [0.1, 0.15) is 0 Å². The van der Waals surface area contributed by atoms with Crippen molar-refractivity contribution in [3.8, 4) is 0 Å². The third kappa shape index (κ3) is 11.3. The quantitative estimate of drug-likeness (QED) is 0.296. The van der Waals surface area contributed by atoms with Crippen LogP contribution in [0, 0.1) is 13.8 Å². The van der Waals surface area contributed by atoms with E-state index in [0.717, 1.165) is 0 Å². The summed E-state index contributed by atoms with van der Waals surface area (Å²) in [6, 6.07) is 16.3. The number of hydrogen-bond acceptors (Lipinski definition) is 0. The summed E-state index contributed by atoms with van der Waals surface area (Å²) in [7, 11) is 0. The molecule has 4 heteroatoms. The van der Waals surface area contributed by atoms with Crippen LogP contribution < -0.4 is 34.0 Å². The van der Waals surface area contributed by atoms with Crippen LogP contribution in [0.2, 0.25) is 0 Å². The minimum Gasteiger partial charge on any atom is -0.214 e. The SMILES string of the molecule is Cc1ccc[c-]1C.[Br-].[Br-].[SiH2]=[Zr+2].c1cc[cH-]c1. The first-order valence-corrected chi connectivity index (χ1v) is 10.4. The van der Waals surface area contributed by atoms with E-state index in [1.165, 1.54) is 11.1 Å². The molecule has 2 rings (SSSR count). The van der Waals surface area contributed by atoms with E-state index in [9.17, 15) is 0 Å². The van der Waals surface area contributed by atoms with Crippen molar-refractivity contribution in [2.75, 3.05) is 0 Å². The summed E-state index contributed by atoms with van der Waals surface area (Å²) >= 11 is 1.58. The molecule has 0 fully saturated rings. The molecule has 0 saturated heterocycles. The zero-order chi connectivity index (χ0) is 10.8. The number of aryl methyl sites for hydroxylation is 2. The molecule has 88 valence electrons. The molecule has 0 nitrogen and oxygen atoms in total. The van der Waals surface area contributed by atoms with Gasteiger partial charge < -0.3 is 34.0 Å². The third-order valence-corrected chi connectivity index (χ3v) is 1.87. The number of hydrogen-bond donors (Lipinski definition) is 0. The van der Waals surface area contributed by atoms with E-state index in [-0.39, 0.29) is 34.0 Å². The molecule has 2 aromatic rings. The Morgan fingerprint density at radius 3 is 1.75 bits per heavy atom. The first-order chi connectivity index (χ1) is 6.80. The van der Waals surface area contributed by atoms with Crippen LogP contribution in [0.25, 0.3) is 0 Å². The molecular weight excluding hydrogens is 423 g/mol. The molecule has 0 aliphatic rings. The minimum absolute atomic E-state index is 0. The van der Waals surface area contributed by atoms with Crippen LogP contribution in [0.4, 0.5) is 0 Å². The molecule has 0 heterocycles. The molecule has 0 saturated carbocycles. The van der Waals surface area contributed by atoms with E-state index < -0.39 is 0 Å². The predicted octanol–water partition coefficient (Wildman–Crippen LogP) is -3.48. The Bertz CT molecular complexity index is 284. The fraction of sp³-hybridized carbons (Fsp3) is 0.167. The van der Waals surface area contributed by atoms with Crippen LogP contribution >= 0.6 is 0 Å².